The van der Waals surface area contributed by atoms with Crippen molar-refractivity contribution >= 4 is 11.9 Å². The fourth-order valence-electron chi connectivity index (χ4n) is 2.91. The van der Waals surface area contributed by atoms with Gasteiger partial charge in [-0.15, -0.1) is 0 Å². The third-order valence-corrected chi connectivity index (χ3v) is 4.26. The van der Waals surface area contributed by atoms with Crippen molar-refractivity contribution in [2.24, 2.45) is 5.41 Å². The van der Waals surface area contributed by atoms with Gasteiger partial charge in [-0.1, -0.05) is 40.0 Å². The molecule has 20 heavy (non-hydrogen) atoms. The average Bonchev–Trinajstić information content (AvgIpc) is 2.35. The molecule has 1 aliphatic carbocycles. The second-order valence-electron chi connectivity index (χ2n) is 6.97. The zero-order chi connectivity index (χ0) is 15.4. The number of aliphatic carboxylic acids is 1. The number of carbonyl (C=O) groups excluding carboxylic acids is 1. The van der Waals surface area contributed by atoms with E-state index in [0.717, 1.165) is 25.7 Å². The number of carboxylic acid groups (broad SMARTS) is 1. The van der Waals surface area contributed by atoms with Gasteiger partial charge in [0.05, 0.1) is 0 Å². The first-order chi connectivity index (χ1) is 9.20. The van der Waals surface area contributed by atoms with E-state index in [9.17, 15) is 14.7 Å². The lowest BCUT2D eigenvalue weighted by Gasteiger charge is -2.37. The highest BCUT2D eigenvalue weighted by Gasteiger charge is 2.36. The van der Waals surface area contributed by atoms with Crippen molar-refractivity contribution in [1.82, 2.24) is 10.6 Å². The molecular weight excluding hydrogens is 256 g/mol. The van der Waals surface area contributed by atoms with Crippen molar-refractivity contribution < 1.29 is 14.7 Å². The molecule has 0 bridgehead atoms. The van der Waals surface area contributed by atoms with Crippen LogP contribution in [0, 0.1) is 5.41 Å². The SMILES string of the molecule is CNC1(CC(=O)NC(C(=O)O)C(C)(C)C)CCCCC1. The van der Waals surface area contributed by atoms with Gasteiger partial charge in [0.1, 0.15) is 6.04 Å². The van der Waals surface area contributed by atoms with Gasteiger partial charge in [0, 0.05) is 12.0 Å². The average molecular weight is 284 g/mol. The van der Waals surface area contributed by atoms with Gasteiger partial charge in [0.15, 0.2) is 0 Å². The summed E-state index contributed by atoms with van der Waals surface area (Å²) in [5, 5.41) is 15.2. The predicted molar refractivity (Wildman–Crippen MR) is 78.5 cm³/mol. The molecular formula is C15H28N2O3. The third-order valence-electron chi connectivity index (χ3n) is 4.26. The van der Waals surface area contributed by atoms with Crippen LogP contribution in [0.25, 0.3) is 0 Å². The quantitative estimate of drug-likeness (QED) is 0.720. The zero-order valence-corrected chi connectivity index (χ0v) is 13.1. The van der Waals surface area contributed by atoms with Crippen LogP contribution in [0.1, 0.15) is 59.3 Å². The van der Waals surface area contributed by atoms with E-state index in [1.54, 1.807) is 0 Å². The number of rotatable bonds is 5. The normalized spacial score (nSPS) is 20.2. The van der Waals surface area contributed by atoms with Crippen LogP contribution in [0.2, 0.25) is 0 Å². The summed E-state index contributed by atoms with van der Waals surface area (Å²) in [7, 11) is 1.89. The molecule has 5 heteroatoms. The molecule has 1 fully saturated rings. The van der Waals surface area contributed by atoms with Crippen LogP contribution >= 0.6 is 0 Å². The summed E-state index contributed by atoms with van der Waals surface area (Å²) < 4.78 is 0. The topological polar surface area (TPSA) is 78.4 Å². The highest BCUT2D eigenvalue weighted by molar-refractivity contribution is 5.84. The van der Waals surface area contributed by atoms with Crippen LogP contribution in [-0.2, 0) is 9.59 Å². The van der Waals surface area contributed by atoms with Gasteiger partial charge in [-0.3, -0.25) is 4.79 Å². The Bertz CT molecular complexity index is 355. The number of hydrogen-bond donors (Lipinski definition) is 3. The van der Waals surface area contributed by atoms with Gasteiger partial charge in [-0.2, -0.15) is 0 Å². The Morgan fingerprint density at radius 2 is 1.75 bits per heavy atom. The molecule has 3 N–H and O–H groups in total. The first-order valence-corrected chi connectivity index (χ1v) is 7.41. The third kappa shape index (κ3) is 4.47. The Balaban J connectivity index is 2.67. The first kappa shape index (κ1) is 17.0. The van der Waals surface area contributed by atoms with Gasteiger partial charge >= 0.3 is 5.97 Å². The van der Waals surface area contributed by atoms with E-state index in [4.69, 9.17) is 0 Å². The summed E-state index contributed by atoms with van der Waals surface area (Å²) in [5.41, 5.74) is -0.663. The summed E-state index contributed by atoms with van der Waals surface area (Å²) in [6.45, 7) is 5.46. The minimum Gasteiger partial charge on any atom is -0.480 e. The van der Waals surface area contributed by atoms with Crippen molar-refractivity contribution in [3.63, 3.8) is 0 Å². The number of amides is 1. The van der Waals surface area contributed by atoms with Crippen molar-refractivity contribution in [2.75, 3.05) is 7.05 Å². The Labute approximate surface area is 121 Å². The maximum Gasteiger partial charge on any atom is 0.326 e. The molecule has 0 aliphatic heterocycles. The molecule has 0 heterocycles. The Morgan fingerprint density at radius 3 is 2.15 bits per heavy atom. The van der Waals surface area contributed by atoms with Gasteiger partial charge in [0.25, 0.3) is 0 Å². The lowest BCUT2D eigenvalue weighted by atomic mass is 9.79. The van der Waals surface area contributed by atoms with E-state index in [1.807, 2.05) is 27.8 Å². The molecule has 0 spiro atoms. The molecule has 0 aromatic carbocycles. The molecule has 0 aromatic heterocycles. The minimum atomic E-state index is -0.979. The molecule has 0 saturated heterocycles. The lowest BCUT2D eigenvalue weighted by molar-refractivity contribution is -0.145. The largest absolute Gasteiger partial charge is 0.480 e. The molecule has 5 nitrogen and oxygen atoms in total. The van der Waals surface area contributed by atoms with E-state index >= 15 is 0 Å². The Morgan fingerprint density at radius 1 is 1.20 bits per heavy atom. The Kier molecular flexibility index (Phi) is 5.57. The van der Waals surface area contributed by atoms with Crippen LogP contribution in [0.5, 0.6) is 0 Å². The zero-order valence-electron chi connectivity index (χ0n) is 13.1. The predicted octanol–water partition coefficient (Wildman–Crippen LogP) is 1.91. The number of carboxylic acids is 1. The summed E-state index contributed by atoms with van der Waals surface area (Å²) in [5.74, 6) is -1.16. The minimum absolute atomic E-state index is 0.163. The second-order valence-corrected chi connectivity index (χ2v) is 6.97. The van der Waals surface area contributed by atoms with E-state index in [0.29, 0.717) is 6.42 Å². The molecule has 1 unspecified atom stereocenters. The molecule has 1 aliphatic rings. The van der Waals surface area contributed by atoms with E-state index < -0.39 is 17.4 Å². The van der Waals surface area contributed by atoms with Crippen molar-refractivity contribution in [1.29, 1.82) is 0 Å². The van der Waals surface area contributed by atoms with Crippen molar-refractivity contribution in [3.05, 3.63) is 0 Å². The van der Waals surface area contributed by atoms with Crippen molar-refractivity contribution in [3.8, 4) is 0 Å². The summed E-state index contributed by atoms with van der Waals surface area (Å²) in [4.78, 5) is 23.5. The molecule has 1 atom stereocenters. The van der Waals surface area contributed by atoms with Crippen LogP contribution in [0.3, 0.4) is 0 Å². The highest BCUT2D eigenvalue weighted by atomic mass is 16.4. The lowest BCUT2D eigenvalue weighted by Crippen LogP contribution is -2.53. The molecule has 1 amide bonds. The molecule has 1 rings (SSSR count). The smallest absolute Gasteiger partial charge is 0.326 e. The molecule has 1 saturated carbocycles. The molecule has 116 valence electrons. The fourth-order valence-corrected chi connectivity index (χ4v) is 2.91. The maximum absolute atomic E-state index is 12.2. The number of nitrogens with one attached hydrogen (secondary N) is 2. The van der Waals surface area contributed by atoms with Gasteiger partial charge < -0.3 is 15.7 Å². The summed E-state index contributed by atoms with van der Waals surface area (Å²) in [6, 6.07) is -0.854. The maximum atomic E-state index is 12.2. The van der Waals surface area contributed by atoms with Gasteiger partial charge in [0.2, 0.25) is 5.91 Å². The van der Waals surface area contributed by atoms with Crippen LogP contribution in [0.15, 0.2) is 0 Å². The standard InChI is InChI=1S/C15H28N2O3/c1-14(2,3)12(13(19)20)17-11(18)10-15(16-4)8-6-5-7-9-15/h12,16H,5-10H2,1-4H3,(H,17,18)(H,19,20). The summed E-state index contributed by atoms with van der Waals surface area (Å²) >= 11 is 0. The van der Waals surface area contributed by atoms with E-state index in [-0.39, 0.29) is 11.4 Å². The van der Waals surface area contributed by atoms with Crippen LogP contribution in [0.4, 0.5) is 0 Å². The molecule has 0 aromatic rings. The highest BCUT2D eigenvalue weighted by Crippen LogP contribution is 2.31. The van der Waals surface area contributed by atoms with Crippen molar-refractivity contribution in [2.45, 2.75) is 70.9 Å². The Hall–Kier alpha value is -1.10. The van der Waals surface area contributed by atoms with E-state index in [1.165, 1.54) is 6.42 Å². The van der Waals surface area contributed by atoms with Gasteiger partial charge in [-0.25, -0.2) is 4.79 Å². The first-order valence-electron chi connectivity index (χ1n) is 7.41. The van der Waals surface area contributed by atoms with Crippen LogP contribution in [-0.4, -0.2) is 35.6 Å². The van der Waals surface area contributed by atoms with E-state index in [2.05, 4.69) is 10.6 Å². The van der Waals surface area contributed by atoms with Gasteiger partial charge in [-0.05, 0) is 25.3 Å². The second kappa shape index (κ2) is 6.57. The molecule has 0 radical (unpaired) electrons. The number of carbonyl (C=O) groups is 2. The fraction of sp³-hybridized carbons (Fsp3) is 0.867. The van der Waals surface area contributed by atoms with Crippen LogP contribution < -0.4 is 10.6 Å². The summed E-state index contributed by atoms with van der Waals surface area (Å²) in [6.07, 6.45) is 5.76. The monoisotopic (exact) mass is 284 g/mol. The number of hydrogen-bond acceptors (Lipinski definition) is 3.